The van der Waals surface area contributed by atoms with Crippen molar-refractivity contribution < 1.29 is 14.3 Å². The van der Waals surface area contributed by atoms with Crippen LogP contribution >= 0.6 is 23.2 Å². The van der Waals surface area contributed by atoms with Crippen LogP contribution in [0.1, 0.15) is 24.8 Å². The van der Waals surface area contributed by atoms with E-state index in [9.17, 15) is 10.1 Å². The molecule has 2 rings (SSSR count). The van der Waals surface area contributed by atoms with E-state index in [0.29, 0.717) is 22.8 Å². The Kier molecular flexibility index (Phi) is 5.19. The third kappa shape index (κ3) is 3.00. The lowest BCUT2D eigenvalue weighted by Crippen LogP contribution is -2.25. The quantitative estimate of drug-likeness (QED) is 0.839. The number of ether oxygens (including phenoxy) is 2. The minimum absolute atomic E-state index is 0.0574. The van der Waals surface area contributed by atoms with Crippen molar-refractivity contribution in [1.82, 2.24) is 0 Å². The molecule has 1 aromatic rings. The largest absolute Gasteiger partial charge is 0.466 e. The van der Waals surface area contributed by atoms with Gasteiger partial charge in [-0.15, -0.1) is 0 Å². The van der Waals surface area contributed by atoms with Crippen LogP contribution in [0.4, 0.5) is 0 Å². The molecule has 0 saturated heterocycles. The summed E-state index contributed by atoms with van der Waals surface area (Å²) < 4.78 is 10.3. The highest BCUT2D eigenvalue weighted by Gasteiger charge is 2.38. The molecule has 7 heteroatoms. The molecule has 1 aliphatic heterocycles. The zero-order valence-corrected chi connectivity index (χ0v) is 14.0. The topological polar surface area (TPSA) is 85.3 Å². The third-order valence-electron chi connectivity index (χ3n) is 3.52. The molecule has 0 saturated carbocycles. The van der Waals surface area contributed by atoms with Crippen LogP contribution in [-0.4, -0.2) is 13.1 Å². The first-order valence-corrected chi connectivity index (χ1v) is 7.54. The number of carbonyl (C=O) groups is 1. The summed E-state index contributed by atoms with van der Waals surface area (Å²) in [5.74, 6) is -1.11. The number of methoxy groups -OCH3 is 1. The minimum Gasteiger partial charge on any atom is -0.466 e. The summed E-state index contributed by atoms with van der Waals surface area (Å²) in [6.07, 6.45) is 0.401. The van der Waals surface area contributed by atoms with E-state index in [1.54, 1.807) is 25.1 Å². The molecule has 0 aromatic heterocycles. The molecule has 5 nitrogen and oxygen atoms in total. The van der Waals surface area contributed by atoms with E-state index in [1.165, 1.54) is 7.11 Å². The molecule has 0 aliphatic carbocycles. The smallest absolute Gasteiger partial charge is 0.338 e. The van der Waals surface area contributed by atoms with Gasteiger partial charge in [0.1, 0.15) is 17.4 Å². The maximum absolute atomic E-state index is 12.3. The second kappa shape index (κ2) is 6.95. The van der Waals surface area contributed by atoms with E-state index in [4.69, 9.17) is 38.4 Å². The fraction of sp³-hybridized carbons (Fsp3) is 0.250. The molecule has 1 aromatic carbocycles. The Bertz CT molecular complexity index is 763. The number of carbonyl (C=O) groups excluding carboxylic acids is 1. The van der Waals surface area contributed by atoms with Crippen LogP contribution in [0, 0.1) is 11.3 Å². The molecule has 0 spiro atoms. The lowest BCUT2D eigenvalue weighted by Gasteiger charge is -2.28. The van der Waals surface area contributed by atoms with Crippen LogP contribution in [0.5, 0.6) is 0 Å². The predicted octanol–water partition coefficient (Wildman–Crippen LogP) is 3.64. The van der Waals surface area contributed by atoms with Gasteiger partial charge in [0.25, 0.3) is 0 Å². The molecule has 0 amide bonds. The highest BCUT2D eigenvalue weighted by molar-refractivity contribution is 6.42. The molecule has 0 radical (unpaired) electrons. The first kappa shape index (κ1) is 17.2. The molecular formula is C16H14Cl2N2O3. The summed E-state index contributed by atoms with van der Waals surface area (Å²) >= 11 is 12.3. The van der Waals surface area contributed by atoms with Crippen LogP contribution in [0.25, 0.3) is 0 Å². The summed E-state index contributed by atoms with van der Waals surface area (Å²) in [5.41, 5.74) is 6.63. The Morgan fingerprint density at radius 2 is 2.17 bits per heavy atom. The number of rotatable bonds is 3. The maximum Gasteiger partial charge on any atom is 0.338 e. The zero-order valence-electron chi connectivity index (χ0n) is 12.5. The van der Waals surface area contributed by atoms with Crippen LogP contribution < -0.4 is 5.73 Å². The van der Waals surface area contributed by atoms with Crippen LogP contribution in [-0.2, 0) is 14.3 Å². The second-order valence-electron chi connectivity index (χ2n) is 4.75. The molecular weight excluding hydrogens is 339 g/mol. The Morgan fingerprint density at radius 1 is 1.48 bits per heavy atom. The fourth-order valence-electron chi connectivity index (χ4n) is 2.47. The molecule has 2 N–H and O–H groups in total. The van der Waals surface area contributed by atoms with Crippen LogP contribution in [0.3, 0.4) is 0 Å². The number of nitrogens with two attached hydrogens (primary N) is 1. The first-order valence-electron chi connectivity index (χ1n) is 6.79. The monoisotopic (exact) mass is 352 g/mol. The normalized spacial score (nSPS) is 17.6. The Labute approximate surface area is 143 Å². The van der Waals surface area contributed by atoms with Gasteiger partial charge in [-0.2, -0.15) is 5.26 Å². The van der Waals surface area contributed by atoms with Crippen LogP contribution in [0.15, 0.2) is 41.0 Å². The number of nitrogens with zero attached hydrogens (tertiary/aromatic N) is 1. The average molecular weight is 353 g/mol. The maximum atomic E-state index is 12.3. The molecule has 0 bridgehead atoms. The van der Waals surface area contributed by atoms with Crippen molar-refractivity contribution in [2.45, 2.75) is 19.3 Å². The first-order chi connectivity index (χ1) is 11.0. The van der Waals surface area contributed by atoms with E-state index in [1.807, 2.05) is 6.07 Å². The molecule has 0 unspecified atom stereocenters. The van der Waals surface area contributed by atoms with Crippen molar-refractivity contribution in [3.05, 3.63) is 56.6 Å². The van der Waals surface area contributed by atoms with Gasteiger partial charge in [0.2, 0.25) is 5.88 Å². The van der Waals surface area contributed by atoms with E-state index in [0.717, 1.165) is 0 Å². The number of benzene rings is 1. The van der Waals surface area contributed by atoms with Crippen molar-refractivity contribution in [1.29, 1.82) is 5.26 Å². The Balaban J connectivity index is 2.77. The zero-order chi connectivity index (χ0) is 17.1. The van der Waals surface area contributed by atoms with Gasteiger partial charge in [-0.1, -0.05) is 42.3 Å². The third-order valence-corrected chi connectivity index (χ3v) is 4.35. The van der Waals surface area contributed by atoms with Crippen molar-refractivity contribution >= 4 is 29.2 Å². The fourth-order valence-corrected chi connectivity index (χ4v) is 2.89. The molecule has 23 heavy (non-hydrogen) atoms. The second-order valence-corrected chi connectivity index (χ2v) is 5.54. The van der Waals surface area contributed by atoms with Gasteiger partial charge in [0.15, 0.2) is 0 Å². The lowest BCUT2D eigenvalue weighted by molar-refractivity contribution is -0.136. The molecule has 1 heterocycles. The summed E-state index contributed by atoms with van der Waals surface area (Å²) in [6.45, 7) is 1.81. The minimum atomic E-state index is -0.789. The Morgan fingerprint density at radius 3 is 2.74 bits per heavy atom. The number of esters is 1. The SMILES string of the molecule is CCC1=C(C(=O)OC)[C@H](c2cccc(Cl)c2Cl)C(C#N)=C(N)O1. The van der Waals surface area contributed by atoms with Crippen molar-refractivity contribution in [2.75, 3.05) is 7.11 Å². The van der Waals surface area contributed by atoms with Gasteiger partial charge in [0, 0.05) is 6.42 Å². The van der Waals surface area contributed by atoms with E-state index in [2.05, 4.69) is 0 Å². The number of nitriles is 1. The summed E-state index contributed by atoms with van der Waals surface area (Å²) in [5, 5.41) is 10.0. The standard InChI is InChI=1S/C16H14Cl2N2O3/c1-3-11-13(16(21)22-2)12(9(7-19)15(20)23-11)8-5-4-6-10(17)14(8)18/h4-6,12H,3,20H2,1-2H3/t12-/m1/s1. The molecule has 0 fully saturated rings. The average Bonchev–Trinajstić information content (AvgIpc) is 2.55. The van der Waals surface area contributed by atoms with Crippen molar-refractivity contribution in [3.8, 4) is 6.07 Å². The predicted molar refractivity (Wildman–Crippen MR) is 86.4 cm³/mol. The van der Waals surface area contributed by atoms with Gasteiger partial charge in [-0.25, -0.2) is 4.79 Å². The number of hydrogen-bond donors (Lipinski definition) is 1. The van der Waals surface area contributed by atoms with Gasteiger partial charge >= 0.3 is 5.97 Å². The lowest BCUT2D eigenvalue weighted by atomic mass is 9.82. The van der Waals surface area contributed by atoms with Gasteiger partial charge < -0.3 is 15.2 Å². The van der Waals surface area contributed by atoms with E-state index >= 15 is 0 Å². The molecule has 1 atom stereocenters. The number of halogens is 2. The highest BCUT2D eigenvalue weighted by Crippen LogP contribution is 2.44. The highest BCUT2D eigenvalue weighted by atomic mass is 35.5. The Hall–Kier alpha value is -2.16. The van der Waals surface area contributed by atoms with Gasteiger partial charge in [-0.3, -0.25) is 0 Å². The summed E-state index contributed by atoms with van der Waals surface area (Å²) in [4.78, 5) is 12.3. The van der Waals surface area contributed by atoms with Gasteiger partial charge in [-0.05, 0) is 11.6 Å². The van der Waals surface area contributed by atoms with Crippen molar-refractivity contribution in [3.63, 3.8) is 0 Å². The molecule has 120 valence electrons. The van der Waals surface area contributed by atoms with Crippen LogP contribution in [0.2, 0.25) is 10.0 Å². The summed E-state index contributed by atoms with van der Waals surface area (Å²) in [7, 11) is 1.26. The van der Waals surface area contributed by atoms with E-state index < -0.39 is 11.9 Å². The van der Waals surface area contributed by atoms with E-state index in [-0.39, 0.29) is 22.1 Å². The summed E-state index contributed by atoms with van der Waals surface area (Å²) in [6, 6.07) is 6.98. The molecule has 1 aliphatic rings. The van der Waals surface area contributed by atoms with Gasteiger partial charge in [0.05, 0.1) is 28.6 Å². The number of allylic oxidation sites excluding steroid dienone is 2. The number of hydrogen-bond acceptors (Lipinski definition) is 5. The van der Waals surface area contributed by atoms with Crippen molar-refractivity contribution in [2.24, 2.45) is 5.73 Å².